The van der Waals surface area contributed by atoms with Crippen LogP contribution in [0, 0.1) is 0 Å². The molecule has 0 bridgehead atoms. The third kappa shape index (κ3) is 3.72. The molecule has 0 fully saturated rings. The number of oxime groups is 1. The van der Waals surface area contributed by atoms with E-state index >= 15 is 0 Å². The van der Waals surface area contributed by atoms with Gasteiger partial charge in [-0.2, -0.15) is 0 Å². The van der Waals surface area contributed by atoms with E-state index in [-0.39, 0.29) is 0 Å². The first-order valence-corrected chi connectivity index (χ1v) is 6.61. The molecule has 0 saturated carbocycles. The molecule has 21 heavy (non-hydrogen) atoms. The van der Waals surface area contributed by atoms with Crippen molar-refractivity contribution in [3.05, 3.63) is 35.3 Å². The lowest BCUT2D eigenvalue weighted by Gasteiger charge is -2.32. The Hall–Kier alpha value is -2.08. The van der Waals surface area contributed by atoms with E-state index in [0.29, 0.717) is 28.5 Å². The van der Waals surface area contributed by atoms with Crippen LogP contribution in [0.4, 0.5) is 0 Å². The topological polar surface area (TPSA) is 70.0 Å². The number of nitrogens with zero attached hydrogens (tertiary/aromatic N) is 2. The van der Waals surface area contributed by atoms with Crippen molar-refractivity contribution in [3.8, 4) is 5.75 Å². The number of rotatable bonds is 3. The van der Waals surface area contributed by atoms with Crippen LogP contribution >= 0.6 is 11.6 Å². The van der Waals surface area contributed by atoms with E-state index in [9.17, 15) is 4.79 Å². The van der Waals surface area contributed by atoms with Crippen LogP contribution in [0.2, 0.25) is 5.02 Å². The molecule has 1 aliphatic rings. The summed E-state index contributed by atoms with van der Waals surface area (Å²) in [4.78, 5) is 20.0. The standard InChI is InChI=1S/C14H15ClN2O4/c1-14(2)6-10(17-20-5-4-12(18)19-3)13-9(15)7-16-8-11(13)21-14/h4-5,7-8H,6H2,1-3H3/b5-4+,17-10+. The highest BCUT2D eigenvalue weighted by atomic mass is 35.5. The third-order valence-corrected chi connectivity index (χ3v) is 3.05. The summed E-state index contributed by atoms with van der Waals surface area (Å²) in [6.07, 6.45) is 5.89. The summed E-state index contributed by atoms with van der Waals surface area (Å²) < 4.78 is 10.3. The quantitative estimate of drug-likeness (QED) is 0.371. The minimum atomic E-state index is -0.523. The molecule has 0 atom stereocenters. The number of fused-ring (bicyclic) bond motifs is 1. The van der Waals surface area contributed by atoms with Crippen LogP contribution in [-0.4, -0.2) is 29.4 Å². The lowest BCUT2D eigenvalue weighted by atomic mass is 9.93. The lowest BCUT2D eigenvalue weighted by molar-refractivity contribution is -0.135. The molecule has 0 aromatic carbocycles. The van der Waals surface area contributed by atoms with Gasteiger partial charge in [0.15, 0.2) is 0 Å². The average molecular weight is 311 g/mol. The molecule has 1 aromatic heterocycles. The third-order valence-electron chi connectivity index (χ3n) is 2.76. The molecule has 6 nitrogen and oxygen atoms in total. The van der Waals surface area contributed by atoms with Gasteiger partial charge < -0.3 is 14.3 Å². The van der Waals surface area contributed by atoms with Gasteiger partial charge in [0.25, 0.3) is 0 Å². The Morgan fingerprint density at radius 3 is 3.00 bits per heavy atom. The summed E-state index contributed by atoms with van der Waals surface area (Å²) >= 11 is 6.14. The minimum absolute atomic E-state index is 0.433. The second-order valence-corrected chi connectivity index (χ2v) is 5.41. The zero-order valence-electron chi connectivity index (χ0n) is 11.9. The highest BCUT2D eigenvalue weighted by molar-refractivity contribution is 6.34. The SMILES string of the molecule is COC(=O)/C=C/O/N=C1\CC(C)(C)Oc2cncc(Cl)c21. The van der Waals surface area contributed by atoms with Gasteiger partial charge in [-0.3, -0.25) is 4.98 Å². The Kier molecular flexibility index (Phi) is 4.47. The first-order valence-electron chi connectivity index (χ1n) is 6.23. The molecule has 112 valence electrons. The van der Waals surface area contributed by atoms with Crippen molar-refractivity contribution in [2.24, 2.45) is 5.16 Å². The molecule has 1 aliphatic heterocycles. The summed E-state index contributed by atoms with van der Waals surface area (Å²) in [6, 6.07) is 0. The first kappa shape index (κ1) is 15.3. The largest absolute Gasteiger partial charge is 0.485 e. The number of pyridine rings is 1. The maximum absolute atomic E-state index is 10.9. The van der Waals surface area contributed by atoms with E-state index in [0.717, 1.165) is 12.3 Å². The van der Waals surface area contributed by atoms with Gasteiger partial charge >= 0.3 is 5.97 Å². The number of halogens is 1. The fraction of sp³-hybridized carbons (Fsp3) is 0.357. The van der Waals surface area contributed by atoms with Crippen LogP contribution < -0.4 is 4.74 Å². The molecule has 0 amide bonds. The summed E-state index contributed by atoms with van der Waals surface area (Å²) in [5, 5.41) is 4.45. The van der Waals surface area contributed by atoms with Gasteiger partial charge in [-0.05, 0) is 13.8 Å². The molecule has 0 N–H and O–H groups in total. The number of esters is 1. The van der Waals surface area contributed by atoms with E-state index in [4.69, 9.17) is 21.2 Å². The van der Waals surface area contributed by atoms with E-state index < -0.39 is 11.6 Å². The molecular formula is C14H15ClN2O4. The van der Waals surface area contributed by atoms with Gasteiger partial charge in [0.2, 0.25) is 0 Å². The van der Waals surface area contributed by atoms with E-state index in [2.05, 4.69) is 14.9 Å². The van der Waals surface area contributed by atoms with Gasteiger partial charge in [-0.1, -0.05) is 16.8 Å². The molecule has 2 heterocycles. The Labute approximate surface area is 127 Å². The number of hydrogen-bond donors (Lipinski definition) is 0. The Bertz CT molecular complexity index is 611. The number of carbonyl (C=O) groups is 1. The van der Waals surface area contributed by atoms with Crippen molar-refractivity contribution >= 4 is 23.3 Å². The lowest BCUT2D eigenvalue weighted by Crippen LogP contribution is -2.36. The van der Waals surface area contributed by atoms with Crippen molar-refractivity contribution in [2.75, 3.05) is 7.11 Å². The van der Waals surface area contributed by atoms with Crippen molar-refractivity contribution in [1.82, 2.24) is 4.98 Å². The van der Waals surface area contributed by atoms with Crippen LogP contribution in [0.3, 0.4) is 0 Å². The maximum atomic E-state index is 10.9. The molecule has 0 unspecified atom stereocenters. The molecule has 0 spiro atoms. The van der Waals surface area contributed by atoms with Crippen LogP contribution in [0.1, 0.15) is 25.8 Å². The minimum Gasteiger partial charge on any atom is -0.485 e. The summed E-state index contributed by atoms with van der Waals surface area (Å²) in [5.41, 5.74) is 0.828. The second-order valence-electron chi connectivity index (χ2n) is 5.00. The van der Waals surface area contributed by atoms with Gasteiger partial charge in [0, 0.05) is 12.6 Å². The summed E-state index contributed by atoms with van der Waals surface area (Å²) in [7, 11) is 1.28. The van der Waals surface area contributed by atoms with E-state index in [1.54, 1.807) is 6.20 Å². The Morgan fingerprint density at radius 1 is 1.52 bits per heavy atom. The highest BCUT2D eigenvalue weighted by Crippen LogP contribution is 2.36. The number of methoxy groups -OCH3 is 1. The summed E-state index contributed by atoms with van der Waals surface area (Å²) in [5.74, 6) is 0.0307. The molecule has 1 aromatic rings. The molecule has 0 saturated heterocycles. The van der Waals surface area contributed by atoms with Gasteiger partial charge in [-0.15, -0.1) is 0 Å². The Morgan fingerprint density at radius 2 is 2.29 bits per heavy atom. The number of ether oxygens (including phenoxy) is 2. The van der Waals surface area contributed by atoms with Gasteiger partial charge in [-0.25, -0.2) is 4.79 Å². The molecule has 7 heteroatoms. The molecule has 0 aliphatic carbocycles. The molecule has 0 radical (unpaired) electrons. The normalized spacial score (nSPS) is 18.2. The first-order chi connectivity index (χ1) is 9.93. The van der Waals surface area contributed by atoms with Crippen LogP contribution in [0.25, 0.3) is 0 Å². The zero-order chi connectivity index (χ0) is 15.5. The van der Waals surface area contributed by atoms with Crippen molar-refractivity contribution < 1.29 is 19.1 Å². The second kappa shape index (κ2) is 6.13. The van der Waals surface area contributed by atoms with Crippen LogP contribution in [0.5, 0.6) is 5.75 Å². The Balaban J connectivity index is 2.27. The van der Waals surface area contributed by atoms with Gasteiger partial charge in [0.05, 0.1) is 35.7 Å². The van der Waals surface area contributed by atoms with Gasteiger partial charge in [0.1, 0.15) is 17.6 Å². The monoisotopic (exact) mass is 310 g/mol. The average Bonchev–Trinajstić information content (AvgIpc) is 2.41. The predicted octanol–water partition coefficient (Wildman–Crippen LogP) is 2.70. The molecular weight excluding hydrogens is 296 g/mol. The van der Waals surface area contributed by atoms with Crippen molar-refractivity contribution in [1.29, 1.82) is 0 Å². The number of carbonyl (C=O) groups excluding carboxylic acids is 1. The zero-order valence-corrected chi connectivity index (χ0v) is 12.7. The van der Waals surface area contributed by atoms with Crippen molar-refractivity contribution in [2.45, 2.75) is 25.9 Å². The maximum Gasteiger partial charge on any atom is 0.333 e. The smallest absolute Gasteiger partial charge is 0.333 e. The van der Waals surface area contributed by atoms with E-state index in [1.165, 1.54) is 13.3 Å². The summed E-state index contributed by atoms with van der Waals surface area (Å²) in [6.45, 7) is 3.85. The van der Waals surface area contributed by atoms with Crippen LogP contribution in [-0.2, 0) is 14.4 Å². The number of hydrogen-bond acceptors (Lipinski definition) is 6. The van der Waals surface area contributed by atoms with Crippen molar-refractivity contribution in [3.63, 3.8) is 0 Å². The molecule has 2 rings (SSSR count). The fourth-order valence-corrected chi connectivity index (χ4v) is 2.18. The fourth-order valence-electron chi connectivity index (χ4n) is 1.93. The highest BCUT2D eigenvalue weighted by Gasteiger charge is 2.33. The predicted molar refractivity (Wildman–Crippen MR) is 77.3 cm³/mol. The van der Waals surface area contributed by atoms with E-state index in [1.807, 2.05) is 13.8 Å². The van der Waals surface area contributed by atoms with Crippen LogP contribution in [0.15, 0.2) is 29.9 Å². The number of aromatic nitrogens is 1.